The van der Waals surface area contributed by atoms with E-state index < -0.39 is 0 Å². The Labute approximate surface area is 234 Å². The van der Waals surface area contributed by atoms with E-state index in [1.54, 1.807) is 6.33 Å². The first-order chi connectivity index (χ1) is 19.0. The molecule has 6 rings (SSSR count). The van der Waals surface area contributed by atoms with Gasteiger partial charge in [-0.25, -0.2) is 15.0 Å². The molecular formula is C29H35ClN8O. The Morgan fingerprint density at radius 3 is 2.72 bits per heavy atom. The van der Waals surface area contributed by atoms with Crippen LogP contribution in [0.3, 0.4) is 0 Å². The first-order valence-electron chi connectivity index (χ1n) is 13.7. The minimum absolute atomic E-state index is 0.332. The zero-order chi connectivity index (χ0) is 26.8. The Hall–Kier alpha value is -3.27. The van der Waals surface area contributed by atoms with E-state index in [0.29, 0.717) is 23.6 Å². The van der Waals surface area contributed by atoms with Crippen LogP contribution in [0.5, 0.6) is 5.75 Å². The number of pyridine rings is 1. The summed E-state index contributed by atoms with van der Waals surface area (Å²) in [6.07, 6.45) is 5.89. The van der Waals surface area contributed by atoms with Crippen LogP contribution in [-0.2, 0) is 6.54 Å². The standard InChI is InChI=1S/C29H35ClN8O/c1-20-5-8-32-21(15-20)17-38-27(36-25-26(34-19-35-28(25)38)33-18-29(2)6-7-29)23-4-3-22(16-24(23)30)39-14-13-37-11-9-31-10-12-37/h3-5,8,15-16,19,31H,6-7,9-14,17-18H2,1-2H3,(H,33,34,35). The molecule has 2 aliphatic rings. The molecule has 0 atom stereocenters. The lowest BCUT2D eigenvalue weighted by molar-refractivity contribution is 0.191. The number of anilines is 1. The average molecular weight is 547 g/mol. The summed E-state index contributed by atoms with van der Waals surface area (Å²) in [6.45, 7) is 11.4. The van der Waals surface area contributed by atoms with Gasteiger partial charge in [0.2, 0.25) is 0 Å². The summed E-state index contributed by atoms with van der Waals surface area (Å²) in [6, 6.07) is 9.90. The number of ether oxygens (including phenoxy) is 1. The molecule has 4 heterocycles. The van der Waals surface area contributed by atoms with Crippen molar-refractivity contribution in [3.05, 3.63) is 59.1 Å². The van der Waals surface area contributed by atoms with E-state index in [9.17, 15) is 0 Å². The van der Waals surface area contributed by atoms with E-state index in [1.807, 2.05) is 30.5 Å². The SMILES string of the molecule is Cc1ccnc(Cn2c(-c3ccc(OCCN4CCNCC4)cc3Cl)nc3c(NCC4(C)CC4)ncnc32)c1. The zero-order valence-electron chi connectivity index (χ0n) is 22.6. The fourth-order valence-electron chi connectivity index (χ4n) is 4.95. The molecule has 2 fully saturated rings. The van der Waals surface area contributed by atoms with E-state index in [2.05, 4.69) is 55.0 Å². The number of nitrogens with zero attached hydrogens (tertiary/aromatic N) is 6. The zero-order valence-corrected chi connectivity index (χ0v) is 23.3. The summed E-state index contributed by atoms with van der Waals surface area (Å²) in [5.74, 6) is 2.22. The van der Waals surface area contributed by atoms with Gasteiger partial charge in [0.1, 0.15) is 24.5 Å². The lowest BCUT2D eigenvalue weighted by Gasteiger charge is -2.26. The van der Waals surface area contributed by atoms with Crippen LogP contribution in [0.4, 0.5) is 5.82 Å². The van der Waals surface area contributed by atoms with Gasteiger partial charge in [-0.3, -0.25) is 9.88 Å². The summed E-state index contributed by atoms with van der Waals surface area (Å²) >= 11 is 6.87. The second-order valence-corrected chi connectivity index (χ2v) is 11.4. The van der Waals surface area contributed by atoms with Gasteiger partial charge in [-0.2, -0.15) is 0 Å². The monoisotopic (exact) mass is 546 g/mol. The number of halogens is 1. The molecule has 0 amide bonds. The fraction of sp³-hybridized carbons (Fsp3) is 0.448. The number of rotatable bonds is 10. The van der Waals surface area contributed by atoms with Gasteiger partial charge in [0, 0.05) is 51.0 Å². The van der Waals surface area contributed by atoms with Gasteiger partial charge in [0.15, 0.2) is 17.0 Å². The van der Waals surface area contributed by atoms with Gasteiger partial charge >= 0.3 is 0 Å². The number of nitrogens with one attached hydrogen (secondary N) is 2. The first kappa shape index (κ1) is 26.0. The van der Waals surface area contributed by atoms with Crippen LogP contribution in [-0.4, -0.2) is 75.3 Å². The molecule has 204 valence electrons. The van der Waals surface area contributed by atoms with Crippen LogP contribution in [0, 0.1) is 12.3 Å². The lowest BCUT2D eigenvalue weighted by Crippen LogP contribution is -2.44. The normalized spacial score (nSPS) is 16.9. The molecule has 1 saturated carbocycles. The van der Waals surface area contributed by atoms with E-state index in [-0.39, 0.29) is 0 Å². The Kier molecular flexibility index (Phi) is 7.38. The van der Waals surface area contributed by atoms with Gasteiger partial charge in [0.05, 0.1) is 17.3 Å². The molecule has 9 nitrogen and oxygen atoms in total. The van der Waals surface area contributed by atoms with Crippen LogP contribution >= 0.6 is 11.6 Å². The first-order valence-corrected chi connectivity index (χ1v) is 14.1. The van der Waals surface area contributed by atoms with Crippen LogP contribution in [0.2, 0.25) is 5.02 Å². The largest absolute Gasteiger partial charge is 0.492 e. The van der Waals surface area contributed by atoms with Gasteiger partial charge in [-0.1, -0.05) is 18.5 Å². The molecular weight excluding hydrogens is 512 g/mol. The third kappa shape index (κ3) is 6.00. The number of fused-ring (bicyclic) bond motifs is 1. The maximum Gasteiger partial charge on any atom is 0.166 e. The van der Waals surface area contributed by atoms with Crippen LogP contribution in [0.25, 0.3) is 22.6 Å². The summed E-state index contributed by atoms with van der Waals surface area (Å²) in [7, 11) is 0. The van der Waals surface area contributed by atoms with Crippen molar-refractivity contribution in [2.75, 3.05) is 51.2 Å². The Morgan fingerprint density at radius 2 is 1.95 bits per heavy atom. The number of aromatic nitrogens is 5. The second kappa shape index (κ2) is 11.1. The molecule has 2 N–H and O–H groups in total. The van der Waals surface area contributed by atoms with Crippen molar-refractivity contribution in [2.24, 2.45) is 5.41 Å². The average Bonchev–Trinajstić information content (AvgIpc) is 3.57. The summed E-state index contributed by atoms with van der Waals surface area (Å²) < 4.78 is 8.13. The van der Waals surface area contributed by atoms with E-state index in [0.717, 1.165) is 84.6 Å². The maximum absolute atomic E-state index is 6.87. The number of imidazole rings is 1. The summed E-state index contributed by atoms with van der Waals surface area (Å²) in [4.78, 5) is 21.2. The smallest absolute Gasteiger partial charge is 0.166 e. The van der Waals surface area contributed by atoms with Crippen molar-refractivity contribution in [3.8, 4) is 17.1 Å². The van der Waals surface area contributed by atoms with Crippen molar-refractivity contribution in [1.82, 2.24) is 34.7 Å². The Balaban J connectivity index is 1.30. The highest BCUT2D eigenvalue weighted by atomic mass is 35.5. The van der Waals surface area contributed by atoms with Crippen molar-refractivity contribution in [2.45, 2.75) is 33.2 Å². The Bertz CT molecular complexity index is 1460. The molecule has 0 radical (unpaired) electrons. The third-order valence-corrected chi connectivity index (χ3v) is 7.99. The van der Waals surface area contributed by atoms with Crippen LogP contribution < -0.4 is 15.4 Å². The maximum atomic E-state index is 6.87. The van der Waals surface area contributed by atoms with Crippen molar-refractivity contribution in [1.29, 1.82) is 0 Å². The van der Waals surface area contributed by atoms with Crippen LogP contribution in [0.15, 0.2) is 42.9 Å². The molecule has 0 spiro atoms. The number of hydrogen-bond acceptors (Lipinski definition) is 8. The summed E-state index contributed by atoms with van der Waals surface area (Å²) in [5.41, 5.74) is 4.71. The van der Waals surface area contributed by atoms with Crippen molar-refractivity contribution >= 4 is 28.6 Å². The predicted octanol–water partition coefficient (Wildman–Crippen LogP) is 4.39. The summed E-state index contributed by atoms with van der Waals surface area (Å²) in [5, 5.41) is 7.49. The van der Waals surface area contributed by atoms with E-state index >= 15 is 0 Å². The highest BCUT2D eigenvalue weighted by Gasteiger charge is 2.37. The van der Waals surface area contributed by atoms with Crippen molar-refractivity contribution < 1.29 is 4.74 Å². The quantitative estimate of drug-likeness (QED) is 0.302. The number of benzene rings is 1. The predicted molar refractivity (Wildman–Crippen MR) is 154 cm³/mol. The molecule has 10 heteroatoms. The van der Waals surface area contributed by atoms with Gasteiger partial charge in [0.25, 0.3) is 0 Å². The number of aryl methyl sites for hydroxylation is 1. The molecule has 1 aliphatic heterocycles. The minimum Gasteiger partial charge on any atom is -0.492 e. The molecule has 0 bridgehead atoms. The highest BCUT2D eigenvalue weighted by Crippen LogP contribution is 2.45. The van der Waals surface area contributed by atoms with E-state index in [1.165, 1.54) is 12.8 Å². The molecule has 39 heavy (non-hydrogen) atoms. The molecule has 1 aliphatic carbocycles. The highest BCUT2D eigenvalue weighted by molar-refractivity contribution is 6.33. The van der Waals surface area contributed by atoms with Gasteiger partial charge in [-0.05, 0) is 61.1 Å². The van der Waals surface area contributed by atoms with Crippen LogP contribution in [0.1, 0.15) is 31.0 Å². The lowest BCUT2D eigenvalue weighted by atomic mass is 10.1. The topological polar surface area (TPSA) is 93.0 Å². The second-order valence-electron chi connectivity index (χ2n) is 11.0. The molecule has 4 aromatic rings. The fourth-order valence-corrected chi connectivity index (χ4v) is 5.21. The third-order valence-electron chi connectivity index (χ3n) is 7.68. The molecule has 1 saturated heterocycles. The molecule has 1 aromatic carbocycles. The number of hydrogen-bond donors (Lipinski definition) is 2. The molecule has 3 aromatic heterocycles. The van der Waals surface area contributed by atoms with Gasteiger partial charge in [-0.15, -0.1) is 0 Å². The van der Waals surface area contributed by atoms with Crippen molar-refractivity contribution in [3.63, 3.8) is 0 Å². The molecule has 0 unspecified atom stereocenters. The minimum atomic E-state index is 0.332. The van der Waals surface area contributed by atoms with E-state index in [4.69, 9.17) is 21.3 Å². The van der Waals surface area contributed by atoms with Gasteiger partial charge < -0.3 is 19.9 Å². The Morgan fingerprint density at radius 1 is 1.10 bits per heavy atom. The number of piperazine rings is 1.